The van der Waals surface area contributed by atoms with Gasteiger partial charge in [0.25, 0.3) is 0 Å². The molecule has 2 heterocycles. The molecule has 0 bridgehead atoms. The number of carbonyl (C=O) groups is 1. The second-order valence-corrected chi connectivity index (χ2v) is 5.13. The smallest absolute Gasteiger partial charge is 0.354 e. The monoisotopic (exact) mass is 338 g/mol. The predicted octanol–water partition coefficient (Wildman–Crippen LogP) is 2.65. The minimum atomic E-state index is -1.09. The number of oxime groups is 1. The molecule has 7 heteroatoms. The van der Waals surface area contributed by atoms with E-state index in [1.807, 2.05) is 24.3 Å². The van der Waals surface area contributed by atoms with Gasteiger partial charge in [0.2, 0.25) is 5.90 Å². The number of benzene rings is 1. The number of terminal acetylenes is 1. The number of hydrogen-bond acceptors (Lipinski definition) is 6. The summed E-state index contributed by atoms with van der Waals surface area (Å²) in [5.41, 5.74) is 0.872. The zero-order chi connectivity index (χ0) is 17.6. The summed E-state index contributed by atoms with van der Waals surface area (Å²) in [5, 5.41) is 12.7. The molecular formula is C18H14N2O5. The first kappa shape index (κ1) is 16.3. The highest BCUT2D eigenvalue weighted by Crippen LogP contribution is 2.29. The minimum absolute atomic E-state index is 0.0537. The summed E-state index contributed by atoms with van der Waals surface area (Å²) in [6, 6.07) is 10.2. The van der Waals surface area contributed by atoms with Crippen LogP contribution in [0.1, 0.15) is 28.6 Å². The zero-order valence-corrected chi connectivity index (χ0v) is 13.1. The van der Waals surface area contributed by atoms with Gasteiger partial charge in [-0.3, -0.25) is 0 Å². The highest BCUT2D eigenvalue weighted by molar-refractivity contribution is 5.85. The lowest BCUT2D eigenvalue weighted by Crippen LogP contribution is -2.08. The fourth-order valence-corrected chi connectivity index (χ4v) is 2.20. The van der Waals surface area contributed by atoms with Crippen molar-refractivity contribution in [1.29, 1.82) is 0 Å². The van der Waals surface area contributed by atoms with Crippen LogP contribution in [0.3, 0.4) is 0 Å². The number of carboxylic acid groups (broad SMARTS) is 1. The van der Waals surface area contributed by atoms with E-state index >= 15 is 0 Å². The molecule has 0 saturated heterocycles. The Kier molecular flexibility index (Phi) is 4.81. The Morgan fingerprint density at radius 3 is 2.68 bits per heavy atom. The first-order valence-corrected chi connectivity index (χ1v) is 7.42. The maximum atomic E-state index is 10.8. The third kappa shape index (κ3) is 4.06. The van der Waals surface area contributed by atoms with Crippen LogP contribution in [-0.2, 0) is 4.84 Å². The van der Waals surface area contributed by atoms with Gasteiger partial charge >= 0.3 is 5.97 Å². The molecule has 1 aromatic carbocycles. The maximum Gasteiger partial charge on any atom is 0.354 e. The normalized spacial score (nSPS) is 15.6. The number of carboxylic acids is 1. The van der Waals surface area contributed by atoms with Crippen molar-refractivity contribution in [3.05, 3.63) is 53.9 Å². The van der Waals surface area contributed by atoms with Crippen LogP contribution in [0.15, 0.2) is 47.8 Å². The summed E-state index contributed by atoms with van der Waals surface area (Å²) in [6.45, 7) is 0.217. The molecular weight excluding hydrogens is 324 g/mol. The number of aromatic nitrogens is 1. The molecule has 3 rings (SSSR count). The zero-order valence-electron chi connectivity index (χ0n) is 13.1. The molecule has 1 N–H and O–H groups in total. The molecule has 2 aromatic rings. The van der Waals surface area contributed by atoms with Gasteiger partial charge in [0.15, 0.2) is 6.10 Å². The van der Waals surface area contributed by atoms with E-state index in [0.29, 0.717) is 23.8 Å². The molecule has 0 radical (unpaired) electrons. The van der Waals surface area contributed by atoms with Crippen molar-refractivity contribution in [2.24, 2.45) is 5.16 Å². The van der Waals surface area contributed by atoms with Crippen molar-refractivity contribution in [2.45, 2.75) is 12.5 Å². The number of aromatic carboxylic acids is 1. The quantitative estimate of drug-likeness (QED) is 0.843. The molecule has 0 fully saturated rings. The Morgan fingerprint density at radius 2 is 2.04 bits per heavy atom. The van der Waals surface area contributed by atoms with Crippen LogP contribution in [0, 0.1) is 12.3 Å². The first-order valence-electron chi connectivity index (χ1n) is 7.42. The average Bonchev–Trinajstić information content (AvgIpc) is 3.09. The first-order chi connectivity index (χ1) is 12.2. The van der Waals surface area contributed by atoms with Crippen molar-refractivity contribution >= 4 is 11.9 Å². The Morgan fingerprint density at radius 1 is 1.28 bits per heavy atom. The molecule has 1 atom stereocenters. The average molecular weight is 338 g/mol. The Hall–Kier alpha value is -3.53. The van der Waals surface area contributed by atoms with E-state index in [2.05, 4.69) is 16.1 Å². The van der Waals surface area contributed by atoms with Gasteiger partial charge in [-0.05, 0) is 29.8 Å². The molecule has 0 saturated carbocycles. The van der Waals surface area contributed by atoms with Gasteiger partial charge in [-0.1, -0.05) is 23.2 Å². The lowest BCUT2D eigenvalue weighted by molar-refractivity contribution is 0.0690. The lowest BCUT2D eigenvalue weighted by Gasteiger charge is -2.09. The van der Waals surface area contributed by atoms with Crippen LogP contribution in [0.25, 0.3) is 0 Å². The van der Waals surface area contributed by atoms with E-state index < -0.39 is 5.97 Å². The Bertz CT molecular complexity index is 822. The van der Waals surface area contributed by atoms with Gasteiger partial charge in [0.05, 0.1) is 12.6 Å². The van der Waals surface area contributed by atoms with Crippen LogP contribution >= 0.6 is 0 Å². The van der Waals surface area contributed by atoms with E-state index in [-0.39, 0.29) is 18.4 Å². The van der Waals surface area contributed by atoms with Gasteiger partial charge < -0.3 is 19.4 Å². The molecule has 1 aromatic heterocycles. The standard InChI is InChI=1S/C18H14N2O5/c1-2-9-23-13-5-3-12(4-6-13)16-10-17(20-25-16)24-14-7-8-15(18(21)22)19-11-14/h1,3-8,11,16H,9-10H2,(H,21,22)/t16-/m0/s1. The highest BCUT2D eigenvalue weighted by atomic mass is 16.7. The van der Waals surface area contributed by atoms with Crippen molar-refractivity contribution in [3.8, 4) is 23.8 Å². The van der Waals surface area contributed by atoms with Crippen LogP contribution in [-0.4, -0.2) is 28.6 Å². The summed E-state index contributed by atoms with van der Waals surface area (Å²) in [5.74, 6) is 2.78. The Balaban J connectivity index is 1.57. The fraction of sp³-hybridized carbons (Fsp3) is 0.167. The maximum absolute atomic E-state index is 10.8. The Labute approximate surface area is 143 Å². The fourth-order valence-electron chi connectivity index (χ4n) is 2.20. The predicted molar refractivity (Wildman–Crippen MR) is 88.5 cm³/mol. The second-order valence-electron chi connectivity index (χ2n) is 5.13. The number of rotatable bonds is 5. The molecule has 0 amide bonds. The summed E-state index contributed by atoms with van der Waals surface area (Å²) in [7, 11) is 0. The van der Waals surface area contributed by atoms with E-state index in [9.17, 15) is 4.79 Å². The third-order valence-electron chi connectivity index (χ3n) is 3.41. The largest absolute Gasteiger partial charge is 0.481 e. The molecule has 25 heavy (non-hydrogen) atoms. The molecule has 126 valence electrons. The summed E-state index contributed by atoms with van der Waals surface area (Å²) in [6.07, 6.45) is 6.67. The van der Waals surface area contributed by atoms with Gasteiger partial charge in [-0.2, -0.15) is 0 Å². The van der Waals surface area contributed by atoms with Crippen molar-refractivity contribution in [2.75, 3.05) is 6.61 Å². The third-order valence-corrected chi connectivity index (χ3v) is 3.41. The lowest BCUT2D eigenvalue weighted by atomic mass is 10.1. The minimum Gasteiger partial charge on any atom is -0.481 e. The van der Waals surface area contributed by atoms with Crippen LogP contribution < -0.4 is 9.47 Å². The molecule has 0 spiro atoms. The number of ether oxygens (including phenoxy) is 2. The van der Waals surface area contributed by atoms with Crippen molar-refractivity contribution < 1.29 is 24.2 Å². The van der Waals surface area contributed by atoms with Crippen LogP contribution in [0.2, 0.25) is 0 Å². The van der Waals surface area contributed by atoms with E-state index in [4.69, 9.17) is 25.8 Å². The van der Waals surface area contributed by atoms with E-state index in [0.717, 1.165) is 5.56 Å². The molecule has 1 aliphatic heterocycles. The number of hydrogen-bond donors (Lipinski definition) is 1. The molecule has 1 aliphatic rings. The highest BCUT2D eigenvalue weighted by Gasteiger charge is 2.24. The summed E-state index contributed by atoms with van der Waals surface area (Å²) < 4.78 is 10.9. The van der Waals surface area contributed by atoms with Gasteiger partial charge in [0.1, 0.15) is 23.8 Å². The molecule has 0 aliphatic carbocycles. The number of pyridine rings is 1. The van der Waals surface area contributed by atoms with Gasteiger partial charge in [0, 0.05) is 0 Å². The topological polar surface area (TPSA) is 90.2 Å². The molecule has 0 unspecified atom stereocenters. The summed E-state index contributed by atoms with van der Waals surface area (Å²) in [4.78, 5) is 19.9. The van der Waals surface area contributed by atoms with E-state index in [1.54, 1.807) is 0 Å². The van der Waals surface area contributed by atoms with Crippen LogP contribution in [0.5, 0.6) is 11.5 Å². The number of nitrogens with zero attached hydrogens (tertiary/aromatic N) is 2. The SMILES string of the molecule is C#CCOc1ccc([C@@H]2CC(Oc3ccc(C(=O)O)nc3)=NO2)cc1. The molecule has 7 nitrogen and oxygen atoms in total. The van der Waals surface area contributed by atoms with Gasteiger partial charge in [-0.15, -0.1) is 6.42 Å². The summed E-state index contributed by atoms with van der Waals surface area (Å²) >= 11 is 0. The van der Waals surface area contributed by atoms with E-state index in [1.165, 1.54) is 18.3 Å². The van der Waals surface area contributed by atoms with Crippen molar-refractivity contribution in [1.82, 2.24) is 4.98 Å². The van der Waals surface area contributed by atoms with Crippen molar-refractivity contribution in [3.63, 3.8) is 0 Å². The van der Waals surface area contributed by atoms with Crippen LogP contribution in [0.4, 0.5) is 0 Å². The second kappa shape index (κ2) is 7.36. The van der Waals surface area contributed by atoms with Gasteiger partial charge in [-0.25, -0.2) is 9.78 Å².